The number of rotatable bonds is 7. The fraction of sp³-hybridized carbons (Fsp3) is 0.500. The van der Waals surface area contributed by atoms with Gasteiger partial charge in [-0.3, -0.25) is 9.69 Å². The lowest BCUT2D eigenvalue weighted by molar-refractivity contribution is 0.0162. The summed E-state index contributed by atoms with van der Waals surface area (Å²) in [7, 11) is 1.66. The summed E-state index contributed by atoms with van der Waals surface area (Å²) in [6, 6.07) is 8.09. The van der Waals surface area contributed by atoms with E-state index >= 15 is 0 Å². The molecule has 1 aromatic carbocycles. The smallest absolute Gasteiger partial charge is 0.265 e. The molecule has 1 saturated heterocycles. The summed E-state index contributed by atoms with van der Waals surface area (Å²) in [5.41, 5.74) is 1.89. The first-order valence-corrected chi connectivity index (χ1v) is 9.55. The molecular formula is C18H25ClN4O3S. The molecule has 148 valence electrons. The predicted octanol–water partition coefficient (Wildman–Crippen LogP) is 2.33. The molecular weight excluding hydrogens is 388 g/mol. The van der Waals surface area contributed by atoms with E-state index in [4.69, 9.17) is 9.47 Å². The molecule has 2 aromatic rings. The lowest BCUT2D eigenvalue weighted by Gasteiger charge is -2.35. The third kappa shape index (κ3) is 5.38. The molecule has 0 bridgehead atoms. The van der Waals surface area contributed by atoms with Gasteiger partial charge in [0.2, 0.25) is 0 Å². The third-order valence-electron chi connectivity index (χ3n) is 4.54. The largest absolute Gasteiger partial charge is 0.497 e. The van der Waals surface area contributed by atoms with Crippen LogP contribution in [0.2, 0.25) is 0 Å². The number of nitrogens with one attached hydrogen (secondary N) is 1. The third-order valence-corrected chi connectivity index (χ3v) is 5.31. The van der Waals surface area contributed by atoms with Gasteiger partial charge in [0.25, 0.3) is 5.91 Å². The molecule has 1 N–H and O–H groups in total. The molecule has 0 saturated carbocycles. The van der Waals surface area contributed by atoms with Gasteiger partial charge in [0, 0.05) is 19.6 Å². The highest BCUT2D eigenvalue weighted by atomic mass is 35.5. The van der Waals surface area contributed by atoms with Crippen molar-refractivity contribution in [2.45, 2.75) is 19.4 Å². The monoisotopic (exact) mass is 412 g/mol. The molecule has 27 heavy (non-hydrogen) atoms. The maximum atomic E-state index is 12.6. The quantitative estimate of drug-likeness (QED) is 0.752. The zero-order valence-electron chi connectivity index (χ0n) is 15.5. The second-order valence-corrected chi connectivity index (χ2v) is 6.80. The van der Waals surface area contributed by atoms with E-state index in [0.717, 1.165) is 41.6 Å². The fourth-order valence-electron chi connectivity index (χ4n) is 3.06. The van der Waals surface area contributed by atoms with Gasteiger partial charge >= 0.3 is 0 Å². The highest BCUT2D eigenvalue weighted by Gasteiger charge is 2.24. The topological polar surface area (TPSA) is 76.6 Å². The Labute approximate surface area is 169 Å². The van der Waals surface area contributed by atoms with Crippen LogP contribution in [0.1, 0.15) is 33.9 Å². The van der Waals surface area contributed by atoms with Gasteiger partial charge in [-0.05, 0) is 35.6 Å². The van der Waals surface area contributed by atoms with Crippen LogP contribution >= 0.6 is 23.9 Å². The summed E-state index contributed by atoms with van der Waals surface area (Å²) in [5.74, 6) is 0.713. The van der Waals surface area contributed by atoms with Crippen LogP contribution in [0.5, 0.6) is 5.75 Å². The van der Waals surface area contributed by atoms with Crippen LogP contribution in [0.25, 0.3) is 0 Å². The number of hydrogen-bond donors (Lipinski definition) is 1. The Hall–Kier alpha value is -1.74. The van der Waals surface area contributed by atoms with Crippen LogP contribution in [0, 0.1) is 0 Å². The lowest BCUT2D eigenvalue weighted by Crippen LogP contribution is -2.43. The normalized spacial score (nSPS) is 15.6. The molecule has 0 aliphatic carbocycles. The summed E-state index contributed by atoms with van der Waals surface area (Å²) in [5, 5.41) is 7.08. The average Bonchev–Trinajstić information content (AvgIpc) is 3.18. The molecule has 1 aliphatic heterocycles. The number of aryl methyl sites for hydroxylation is 1. The maximum absolute atomic E-state index is 12.6. The van der Waals surface area contributed by atoms with Gasteiger partial charge in [-0.2, -0.15) is 0 Å². The second-order valence-electron chi connectivity index (χ2n) is 6.05. The minimum Gasteiger partial charge on any atom is -0.497 e. The number of carbonyl (C=O) groups is 1. The van der Waals surface area contributed by atoms with E-state index < -0.39 is 0 Å². The predicted molar refractivity (Wildman–Crippen MR) is 107 cm³/mol. The Morgan fingerprint density at radius 1 is 1.33 bits per heavy atom. The first kappa shape index (κ1) is 21.6. The molecule has 1 amide bonds. The van der Waals surface area contributed by atoms with Crippen molar-refractivity contribution in [3.63, 3.8) is 0 Å². The molecule has 3 rings (SSSR count). The molecule has 0 radical (unpaired) electrons. The first-order valence-electron chi connectivity index (χ1n) is 8.78. The highest BCUT2D eigenvalue weighted by molar-refractivity contribution is 7.08. The van der Waals surface area contributed by atoms with Crippen LogP contribution < -0.4 is 10.1 Å². The number of halogens is 1. The van der Waals surface area contributed by atoms with E-state index in [9.17, 15) is 4.79 Å². The summed E-state index contributed by atoms with van der Waals surface area (Å²) >= 11 is 1.15. The van der Waals surface area contributed by atoms with Crippen molar-refractivity contribution >= 4 is 29.8 Å². The minimum atomic E-state index is -0.108. The second kappa shape index (κ2) is 10.6. The van der Waals surface area contributed by atoms with Gasteiger partial charge in [-0.15, -0.1) is 17.5 Å². The zero-order valence-corrected chi connectivity index (χ0v) is 17.1. The Morgan fingerprint density at radius 2 is 2.04 bits per heavy atom. The van der Waals surface area contributed by atoms with Gasteiger partial charge in [-0.1, -0.05) is 23.5 Å². The van der Waals surface area contributed by atoms with Gasteiger partial charge in [-0.25, -0.2) is 0 Å². The number of benzene rings is 1. The number of aromatic nitrogens is 2. The van der Waals surface area contributed by atoms with E-state index in [1.807, 2.05) is 19.1 Å². The lowest BCUT2D eigenvalue weighted by atomic mass is 10.0. The van der Waals surface area contributed by atoms with E-state index in [1.54, 1.807) is 7.11 Å². The molecule has 1 atom stereocenters. The Kier molecular flexibility index (Phi) is 8.43. The molecule has 1 aromatic heterocycles. The summed E-state index contributed by atoms with van der Waals surface area (Å²) in [4.78, 5) is 15.5. The van der Waals surface area contributed by atoms with Crippen molar-refractivity contribution in [3.8, 4) is 5.75 Å². The van der Waals surface area contributed by atoms with Crippen LogP contribution in [-0.4, -0.2) is 60.4 Å². The number of carbonyl (C=O) groups excluding carboxylic acids is 1. The first-order chi connectivity index (χ1) is 12.7. The molecule has 7 nitrogen and oxygen atoms in total. The molecule has 0 spiro atoms. The van der Waals surface area contributed by atoms with Crippen LogP contribution in [0.3, 0.4) is 0 Å². The number of ether oxygens (including phenoxy) is 2. The van der Waals surface area contributed by atoms with Crippen molar-refractivity contribution in [3.05, 3.63) is 40.4 Å². The highest BCUT2D eigenvalue weighted by Crippen LogP contribution is 2.24. The van der Waals surface area contributed by atoms with Crippen molar-refractivity contribution in [2.75, 3.05) is 40.0 Å². The average molecular weight is 413 g/mol. The minimum absolute atomic E-state index is 0. The van der Waals surface area contributed by atoms with E-state index in [0.29, 0.717) is 31.1 Å². The van der Waals surface area contributed by atoms with Crippen molar-refractivity contribution in [1.82, 2.24) is 19.8 Å². The number of methoxy groups -OCH3 is 1. The van der Waals surface area contributed by atoms with Gasteiger partial charge in [0.1, 0.15) is 10.6 Å². The van der Waals surface area contributed by atoms with Gasteiger partial charge in [0.05, 0.1) is 32.1 Å². The van der Waals surface area contributed by atoms with Crippen molar-refractivity contribution in [1.29, 1.82) is 0 Å². The number of nitrogens with zero attached hydrogens (tertiary/aromatic N) is 3. The van der Waals surface area contributed by atoms with Crippen LogP contribution in [0.15, 0.2) is 24.3 Å². The van der Waals surface area contributed by atoms with E-state index in [1.165, 1.54) is 0 Å². The van der Waals surface area contributed by atoms with E-state index in [2.05, 4.69) is 31.9 Å². The molecule has 1 unspecified atom stereocenters. The van der Waals surface area contributed by atoms with Crippen LogP contribution in [-0.2, 0) is 11.2 Å². The zero-order chi connectivity index (χ0) is 18.4. The SMILES string of the molecule is CCc1nnsc1C(=O)NCC(c1ccc(OC)cc1)N1CCOCC1.Cl. The molecule has 2 heterocycles. The van der Waals surface area contributed by atoms with Crippen molar-refractivity contribution in [2.24, 2.45) is 0 Å². The number of hydrogen-bond acceptors (Lipinski definition) is 7. The Morgan fingerprint density at radius 3 is 2.67 bits per heavy atom. The summed E-state index contributed by atoms with van der Waals surface area (Å²) < 4.78 is 14.6. The summed E-state index contributed by atoms with van der Waals surface area (Å²) in [6.45, 7) is 5.59. The Balaban J connectivity index is 0.00000261. The molecule has 1 fully saturated rings. The standard InChI is InChI=1S/C18H24N4O3S.ClH/c1-3-15-17(26-21-20-15)18(23)19-12-16(22-8-10-25-11-9-22)13-4-6-14(24-2)7-5-13;/h4-7,16H,3,8-12H2,1-2H3,(H,19,23);1H. The number of morpholine rings is 1. The van der Waals surface area contributed by atoms with Crippen molar-refractivity contribution < 1.29 is 14.3 Å². The van der Waals surface area contributed by atoms with E-state index in [-0.39, 0.29) is 24.4 Å². The number of amides is 1. The van der Waals surface area contributed by atoms with Crippen LogP contribution in [0.4, 0.5) is 0 Å². The fourth-order valence-corrected chi connectivity index (χ4v) is 3.72. The van der Waals surface area contributed by atoms with Gasteiger partial charge in [0.15, 0.2) is 0 Å². The Bertz CT molecular complexity index is 720. The maximum Gasteiger partial charge on any atom is 0.265 e. The summed E-state index contributed by atoms with van der Waals surface area (Å²) in [6.07, 6.45) is 0.699. The molecule has 1 aliphatic rings. The van der Waals surface area contributed by atoms with Gasteiger partial charge < -0.3 is 14.8 Å². The molecule has 9 heteroatoms.